The van der Waals surface area contributed by atoms with Crippen molar-refractivity contribution in [2.45, 2.75) is 26.0 Å². The van der Waals surface area contributed by atoms with E-state index in [2.05, 4.69) is 25.8 Å². The van der Waals surface area contributed by atoms with Gasteiger partial charge >= 0.3 is 0 Å². The highest BCUT2D eigenvalue weighted by Gasteiger charge is 2.18. The van der Waals surface area contributed by atoms with Gasteiger partial charge in [-0.15, -0.1) is 0 Å². The van der Waals surface area contributed by atoms with Crippen LogP contribution in [0, 0.1) is 0 Å². The van der Waals surface area contributed by atoms with Crippen LogP contribution < -0.4 is 0 Å². The molecular weight excluding hydrogens is 114 g/mol. The maximum atomic E-state index is 5.42. The van der Waals surface area contributed by atoms with Gasteiger partial charge in [-0.25, -0.2) is 0 Å². The fraction of sp³-hybridized carbons (Fsp3) is 1.00. The maximum Gasteiger partial charge on any atom is 0.0674 e. The molecule has 2 nitrogen and oxygen atoms in total. The van der Waals surface area contributed by atoms with E-state index in [0.29, 0.717) is 12.1 Å². The Kier molecular flexibility index (Phi) is 2.09. The molecule has 2 atom stereocenters. The van der Waals surface area contributed by atoms with E-state index in [-0.39, 0.29) is 0 Å². The zero-order valence-electron chi connectivity index (χ0n) is 6.42. The summed E-state index contributed by atoms with van der Waals surface area (Å²) >= 11 is 0. The summed E-state index contributed by atoms with van der Waals surface area (Å²) in [5, 5.41) is 0. The van der Waals surface area contributed by atoms with Crippen molar-refractivity contribution < 1.29 is 4.74 Å². The molecule has 1 heterocycles. The molecule has 1 saturated heterocycles. The Morgan fingerprint density at radius 2 is 2.11 bits per heavy atom. The molecule has 0 saturated carbocycles. The molecule has 0 N–H and O–H groups in total. The summed E-state index contributed by atoms with van der Waals surface area (Å²) in [6.07, 6.45) is 0.422. The molecule has 54 valence electrons. The van der Waals surface area contributed by atoms with Gasteiger partial charge in [0.25, 0.3) is 0 Å². The van der Waals surface area contributed by atoms with Gasteiger partial charge in [-0.3, -0.25) is 4.90 Å². The van der Waals surface area contributed by atoms with E-state index >= 15 is 0 Å². The number of rotatable bonds is 0. The maximum absolute atomic E-state index is 5.42. The van der Waals surface area contributed by atoms with Gasteiger partial charge in [0.1, 0.15) is 0 Å². The largest absolute Gasteiger partial charge is 0.376 e. The second-order valence-electron chi connectivity index (χ2n) is 2.93. The molecule has 0 spiro atoms. The van der Waals surface area contributed by atoms with Gasteiger partial charge in [-0.05, 0) is 20.9 Å². The van der Waals surface area contributed by atoms with Crippen LogP contribution in [0.1, 0.15) is 13.8 Å². The summed E-state index contributed by atoms with van der Waals surface area (Å²) in [5.74, 6) is 0. The molecule has 2 heteroatoms. The Balaban J connectivity index is 2.35. The standard InChI is InChI=1S/C7H15NO/c1-6-5-9-7(2)4-8(6)3/h6-7H,4-5H2,1-3H3/t6-,7-/m1/s1. The van der Waals surface area contributed by atoms with Crippen molar-refractivity contribution in [3.8, 4) is 0 Å². The third-order valence-corrected chi connectivity index (χ3v) is 1.92. The average Bonchev–Trinajstić information content (AvgIpc) is 1.80. The molecule has 0 aromatic rings. The van der Waals surface area contributed by atoms with Gasteiger partial charge in [-0.1, -0.05) is 0 Å². The Hall–Kier alpha value is -0.0800. The van der Waals surface area contributed by atoms with Crippen LogP contribution in [-0.4, -0.2) is 37.2 Å². The average molecular weight is 129 g/mol. The van der Waals surface area contributed by atoms with Gasteiger partial charge in [0, 0.05) is 12.6 Å². The smallest absolute Gasteiger partial charge is 0.0674 e. The Labute approximate surface area is 56.8 Å². The van der Waals surface area contributed by atoms with Gasteiger partial charge in [0.2, 0.25) is 0 Å². The predicted molar refractivity (Wildman–Crippen MR) is 37.5 cm³/mol. The van der Waals surface area contributed by atoms with Crippen LogP contribution in [0.15, 0.2) is 0 Å². The second kappa shape index (κ2) is 2.67. The third kappa shape index (κ3) is 1.66. The van der Waals surface area contributed by atoms with Crippen LogP contribution in [0.25, 0.3) is 0 Å². The van der Waals surface area contributed by atoms with Crippen molar-refractivity contribution in [3.05, 3.63) is 0 Å². The lowest BCUT2D eigenvalue weighted by Crippen LogP contribution is -2.44. The van der Waals surface area contributed by atoms with Gasteiger partial charge in [-0.2, -0.15) is 0 Å². The minimum atomic E-state index is 0.422. The molecule has 9 heavy (non-hydrogen) atoms. The van der Waals surface area contributed by atoms with E-state index in [0.717, 1.165) is 13.2 Å². The number of hydrogen-bond donors (Lipinski definition) is 0. The summed E-state index contributed by atoms with van der Waals surface area (Å²) in [6.45, 7) is 6.26. The van der Waals surface area contributed by atoms with E-state index in [4.69, 9.17) is 4.74 Å². The zero-order chi connectivity index (χ0) is 6.85. The summed E-state index contributed by atoms with van der Waals surface area (Å²) < 4.78 is 5.42. The van der Waals surface area contributed by atoms with Crippen molar-refractivity contribution in [1.82, 2.24) is 4.90 Å². The highest BCUT2D eigenvalue weighted by Crippen LogP contribution is 2.07. The summed E-state index contributed by atoms with van der Waals surface area (Å²) in [5.41, 5.74) is 0. The van der Waals surface area contributed by atoms with Crippen LogP contribution in [0.4, 0.5) is 0 Å². The SMILES string of the molecule is C[C@@H]1CN(C)[C@H](C)CO1. The first-order chi connectivity index (χ1) is 4.20. The first kappa shape index (κ1) is 7.03. The lowest BCUT2D eigenvalue weighted by Gasteiger charge is -2.33. The molecule has 0 aromatic carbocycles. The minimum Gasteiger partial charge on any atom is -0.376 e. The van der Waals surface area contributed by atoms with E-state index in [9.17, 15) is 0 Å². The Bertz CT molecular complexity index is 94.9. The Morgan fingerprint density at radius 1 is 1.44 bits per heavy atom. The third-order valence-electron chi connectivity index (χ3n) is 1.92. The molecule has 0 amide bonds. The zero-order valence-corrected chi connectivity index (χ0v) is 6.42. The van der Waals surface area contributed by atoms with Crippen molar-refractivity contribution in [1.29, 1.82) is 0 Å². The fourth-order valence-electron chi connectivity index (χ4n) is 1.07. The van der Waals surface area contributed by atoms with Crippen LogP contribution in [0.2, 0.25) is 0 Å². The van der Waals surface area contributed by atoms with E-state index in [1.807, 2.05) is 0 Å². The fourth-order valence-corrected chi connectivity index (χ4v) is 1.07. The van der Waals surface area contributed by atoms with Crippen molar-refractivity contribution in [2.75, 3.05) is 20.2 Å². The van der Waals surface area contributed by atoms with Crippen LogP contribution in [-0.2, 0) is 4.74 Å². The van der Waals surface area contributed by atoms with Crippen molar-refractivity contribution in [2.24, 2.45) is 0 Å². The summed E-state index contributed by atoms with van der Waals surface area (Å²) in [6, 6.07) is 0.598. The van der Waals surface area contributed by atoms with Gasteiger partial charge in [0.15, 0.2) is 0 Å². The topological polar surface area (TPSA) is 12.5 Å². The number of ether oxygens (including phenoxy) is 1. The molecule has 1 rings (SSSR count). The molecule has 1 fully saturated rings. The lowest BCUT2D eigenvalue weighted by atomic mass is 10.2. The van der Waals surface area contributed by atoms with Gasteiger partial charge in [0.05, 0.1) is 12.7 Å². The highest BCUT2D eigenvalue weighted by molar-refractivity contribution is 4.71. The summed E-state index contributed by atoms with van der Waals surface area (Å²) in [7, 11) is 2.14. The molecule has 1 aliphatic rings. The van der Waals surface area contributed by atoms with E-state index in [1.54, 1.807) is 0 Å². The molecule has 0 bridgehead atoms. The number of morpholine rings is 1. The molecular formula is C7H15NO. The van der Waals surface area contributed by atoms with E-state index in [1.165, 1.54) is 0 Å². The molecule has 0 radical (unpaired) electrons. The number of hydrogen-bond acceptors (Lipinski definition) is 2. The number of nitrogens with zero attached hydrogens (tertiary/aromatic N) is 1. The monoisotopic (exact) mass is 129 g/mol. The van der Waals surface area contributed by atoms with Crippen LogP contribution >= 0.6 is 0 Å². The minimum absolute atomic E-state index is 0.422. The molecule has 0 unspecified atom stereocenters. The lowest BCUT2D eigenvalue weighted by molar-refractivity contribution is -0.0388. The molecule has 1 aliphatic heterocycles. The van der Waals surface area contributed by atoms with Crippen LogP contribution in [0.5, 0.6) is 0 Å². The quantitative estimate of drug-likeness (QED) is 0.478. The molecule has 0 aliphatic carbocycles. The Morgan fingerprint density at radius 3 is 2.56 bits per heavy atom. The second-order valence-corrected chi connectivity index (χ2v) is 2.93. The highest BCUT2D eigenvalue weighted by atomic mass is 16.5. The first-order valence-corrected chi connectivity index (χ1v) is 3.52. The van der Waals surface area contributed by atoms with Crippen molar-refractivity contribution >= 4 is 0 Å². The summed E-state index contributed by atoms with van der Waals surface area (Å²) in [4.78, 5) is 2.33. The predicted octanol–water partition coefficient (Wildman–Crippen LogP) is 0.725. The van der Waals surface area contributed by atoms with E-state index < -0.39 is 0 Å². The van der Waals surface area contributed by atoms with Crippen molar-refractivity contribution in [3.63, 3.8) is 0 Å². The number of likely N-dealkylation sites (N-methyl/N-ethyl adjacent to an activating group) is 1. The molecule has 0 aromatic heterocycles. The van der Waals surface area contributed by atoms with Gasteiger partial charge < -0.3 is 4.74 Å². The normalized spacial score (nSPS) is 39.0. The first-order valence-electron chi connectivity index (χ1n) is 3.52. The van der Waals surface area contributed by atoms with Crippen LogP contribution in [0.3, 0.4) is 0 Å².